The molecule has 0 saturated heterocycles. The van der Waals surface area contributed by atoms with Gasteiger partial charge in [-0.2, -0.15) is 0 Å². The number of halogens is 1. The molecule has 1 rings (SSSR count). The number of hydrogen-bond acceptors (Lipinski definition) is 3. The lowest BCUT2D eigenvalue weighted by atomic mass is 10.1. The van der Waals surface area contributed by atoms with Gasteiger partial charge >= 0.3 is 5.97 Å². The molecule has 6 heteroatoms. The van der Waals surface area contributed by atoms with Crippen LogP contribution in [0.1, 0.15) is 15.9 Å². The van der Waals surface area contributed by atoms with Gasteiger partial charge in [0.15, 0.2) is 0 Å². The molecule has 0 aliphatic carbocycles. The second-order valence-corrected chi connectivity index (χ2v) is 2.60. The second kappa shape index (κ2) is 3.82. The van der Waals surface area contributed by atoms with E-state index < -0.39 is 23.3 Å². The monoisotopic (exact) mass is 199 g/mol. The number of nitro groups is 1. The Bertz CT molecular complexity index is 391. The third-order valence-electron chi connectivity index (χ3n) is 1.59. The minimum absolute atomic E-state index is 0.164. The standard InChI is InChI=1S/C8H6FNO4/c9-7-2-1-5(8(11)12)3-6(7)4-10(13)14/h1-3H,4H2,(H,11,12). The number of carboxylic acids is 1. The zero-order valence-electron chi connectivity index (χ0n) is 6.94. The highest BCUT2D eigenvalue weighted by atomic mass is 19.1. The number of rotatable bonds is 3. The molecule has 0 amide bonds. The summed E-state index contributed by atoms with van der Waals surface area (Å²) in [5, 5.41) is 18.6. The van der Waals surface area contributed by atoms with Gasteiger partial charge in [0, 0.05) is 4.92 Å². The molecular formula is C8H6FNO4. The van der Waals surface area contributed by atoms with Crippen LogP contribution < -0.4 is 0 Å². The van der Waals surface area contributed by atoms with Gasteiger partial charge in [0.05, 0.1) is 11.1 Å². The van der Waals surface area contributed by atoms with Crippen molar-refractivity contribution < 1.29 is 19.2 Å². The maximum atomic E-state index is 12.9. The van der Waals surface area contributed by atoms with Crippen molar-refractivity contribution in [2.45, 2.75) is 6.54 Å². The second-order valence-electron chi connectivity index (χ2n) is 2.60. The molecular weight excluding hydrogens is 193 g/mol. The van der Waals surface area contributed by atoms with Gasteiger partial charge in [0.25, 0.3) is 0 Å². The van der Waals surface area contributed by atoms with Gasteiger partial charge in [-0.3, -0.25) is 10.1 Å². The van der Waals surface area contributed by atoms with Crippen LogP contribution in [-0.4, -0.2) is 16.0 Å². The van der Waals surface area contributed by atoms with Crippen LogP contribution in [0.5, 0.6) is 0 Å². The molecule has 0 unspecified atom stereocenters. The molecule has 0 aromatic heterocycles. The van der Waals surface area contributed by atoms with Crippen LogP contribution in [-0.2, 0) is 6.54 Å². The quantitative estimate of drug-likeness (QED) is 0.587. The Balaban J connectivity index is 3.08. The van der Waals surface area contributed by atoms with Crippen molar-refractivity contribution >= 4 is 5.97 Å². The topological polar surface area (TPSA) is 80.4 Å². The van der Waals surface area contributed by atoms with Crippen molar-refractivity contribution in [1.82, 2.24) is 0 Å². The van der Waals surface area contributed by atoms with Crippen molar-refractivity contribution in [1.29, 1.82) is 0 Å². The molecule has 1 aromatic rings. The summed E-state index contributed by atoms with van der Waals surface area (Å²) >= 11 is 0. The van der Waals surface area contributed by atoms with Crippen LogP contribution >= 0.6 is 0 Å². The molecule has 14 heavy (non-hydrogen) atoms. The Morgan fingerprint density at radius 2 is 2.21 bits per heavy atom. The van der Waals surface area contributed by atoms with E-state index in [1.165, 1.54) is 0 Å². The van der Waals surface area contributed by atoms with E-state index in [0.717, 1.165) is 18.2 Å². The molecule has 0 spiro atoms. The Morgan fingerprint density at radius 3 is 2.71 bits per heavy atom. The zero-order chi connectivity index (χ0) is 10.7. The van der Waals surface area contributed by atoms with Gasteiger partial charge in [0.2, 0.25) is 6.54 Å². The number of aromatic carboxylic acids is 1. The Labute approximate surface area is 77.9 Å². The van der Waals surface area contributed by atoms with Crippen LogP contribution in [0.15, 0.2) is 18.2 Å². The molecule has 1 N–H and O–H groups in total. The third-order valence-corrected chi connectivity index (χ3v) is 1.59. The summed E-state index contributed by atoms with van der Waals surface area (Å²) in [6.07, 6.45) is 0. The molecule has 5 nitrogen and oxygen atoms in total. The first kappa shape index (κ1) is 10.1. The summed E-state index contributed by atoms with van der Waals surface area (Å²) in [5.74, 6) is -2.01. The van der Waals surface area contributed by atoms with Crippen molar-refractivity contribution in [3.63, 3.8) is 0 Å². The Hall–Kier alpha value is -1.98. The molecule has 0 heterocycles. The summed E-state index contributed by atoms with van der Waals surface area (Å²) in [4.78, 5) is 19.8. The van der Waals surface area contributed by atoms with E-state index in [-0.39, 0.29) is 11.1 Å². The highest BCUT2D eigenvalue weighted by molar-refractivity contribution is 5.87. The van der Waals surface area contributed by atoms with Gasteiger partial charge in [-0.05, 0) is 18.2 Å². The SMILES string of the molecule is O=C(O)c1ccc(F)c(C[N+](=O)[O-])c1. The Morgan fingerprint density at radius 1 is 1.57 bits per heavy atom. The highest BCUT2D eigenvalue weighted by Crippen LogP contribution is 2.11. The maximum Gasteiger partial charge on any atom is 0.335 e. The summed E-state index contributed by atoms with van der Waals surface area (Å²) in [5.41, 5.74) is -0.391. The van der Waals surface area contributed by atoms with Gasteiger partial charge in [-0.15, -0.1) is 0 Å². The highest BCUT2D eigenvalue weighted by Gasteiger charge is 2.12. The lowest BCUT2D eigenvalue weighted by molar-refractivity contribution is -0.497. The van der Waals surface area contributed by atoms with Gasteiger partial charge in [-0.25, -0.2) is 9.18 Å². The molecule has 0 aliphatic heterocycles. The summed E-state index contributed by atoms with van der Waals surface area (Å²) in [6, 6.07) is 2.92. The van der Waals surface area contributed by atoms with Crippen LogP contribution in [0.3, 0.4) is 0 Å². The average molecular weight is 199 g/mol. The molecule has 74 valence electrons. The molecule has 0 bridgehead atoms. The molecule has 0 atom stereocenters. The van der Waals surface area contributed by atoms with E-state index in [1.807, 2.05) is 0 Å². The summed E-state index contributed by atoms with van der Waals surface area (Å²) < 4.78 is 12.9. The lowest BCUT2D eigenvalue weighted by Gasteiger charge is -1.99. The largest absolute Gasteiger partial charge is 0.478 e. The van der Waals surface area contributed by atoms with Crippen LogP contribution in [0.25, 0.3) is 0 Å². The van der Waals surface area contributed by atoms with E-state index >= 15 is 0 Å². The van der Waals surface area contributed by atoms with Gasteiger partial charge in [0.1, 0.15) is 5.82 Å². The molecule has 0 radical (unpaired) electrons. The smallest absolute Gasteiger partial charge is 0.335 e. The molecule has 0 aliphatic rings. The maximum absolute atomic E-state index is 12.9. The molecule has 1 aromatic carbocycles. The first-order valence-corrected chi connectivity index (χ1v) is 3.64. The molecule has 0 fully saturated rings. The number of carbonyl (C=O) groups is 1. The fourth-order valence-corrected chi connectivity index (χ4v) is 0.968. The minimum Gasteiger partial charge on any atom is -0.478 e. The van der Waals surface area contributed by atoms with E-state index in [4.69, 9.17) is 5.11 Å². The fourth-order valence-electron chi connectivity index (χ4n) is 0.968. The zero-order valence-corrected chi connectivity index (χ0v) is 6.94. The fraction of sp³-hybridized carbons (Fsp3) is 0.125. The van der Waals surface area contributed by atoms with Gasteiger partial charge < -0.3 is 5.11 Å². The predicted molar refractivity (Wildman–Crippen MR) is 44.1 cm³/mol. The predicted octanol–water partition coefficient (Wildman–Crippen LogP) is 1.30. The number of nitrogens with zero attached hydrogens (tertiary/aromatic N) is 1. The lowest BCUT2D eigenvalue weighted by Crippen LogP contribution is -2.04. The first-order chi connectivity index (χ1) is 6.50. The van der Waals surface area contributed by atoms with Crippen LogP contribution in [0.4, 0.5) is 4.39 Å². The van der Waals surface area contributed by atoms with Crippen LogP contribution in [0.2, 0.25) is 0 Å². The van der Waals surface area contributed by atoms with E-state index in [2.05, 4.69) is 0 Å². The average Bonchev–Trinajstić information content (AvgIpc) is 2.07. The number of carboxylic acid groups (broad SMARTS) is 1. The first-order valence-electron chi connectivity index (χ1n) is 3.64. The minimum atomic E-state index is -1.24. The third kappa shape index (κ3) is 2.25. The molecule has 0 saturated carbocycles. The normalized spacial score (nSPS) is 9.79. The summed E-state index contributed by atoms with van der Waals surface area (Å²) in [6.45, 7) is -0.715. The van der Waals surface area contributed by atoms with E-state index in [0.29, 0.717) is 0 Å². The van der Waals surface area contributed by atoms with Gasteiger partial charge in [-0.1, -0.05) is 0 Å². The van der Waals surface area contributed by atoms with Crippen molar-refractivity contribution in [3.05, 3.63) is 45.3 Å². The Kier molecular flexibility index (Phi) is 2.76. The number of hydrogen-bond donors (Lipinski definition) is 1. The van der Waals surface area contributed by atoms with E-state index in [9.17, 15) is 19.3 Å². The van der Waals surface area contributed by atoms with Crippen molar-refractivity contribution in [3.8, 4) is 0 Å². The van der Waals surface area contributed by atoms with Crippen molar-refractivity contribution in [2.75, 3.05) is 0 Å². The van der Waals surface area contributed by atoms with E-state index in [1.54, 1.807) is 0 Å². The van der Waals surface area contributed by atoms with Crippen molar-refractivity contribution in [2.24, 2.45) is 0 Å². The number of benzene rings is 1. The van der Waals surface area contributed by atoms with Crippen LogP contribution in [0, 0.1) is 15.9 Å². The summed E-state index contributed by atoms with van der Waals surface area (Å²) in [7, 11) is 0.